The fourth-order valence-electron chi connectivity index (χ4n) is 2.79. The molecule has 2 aliphatic carbocycles. The van der Waals surface area contributed by atoms with Gasteiger partial charge in [-0.25, -0.2) is 4.79 Å². The molecule has 22 heavy (non-hydrogen) atoms. The standard InChI is InChI=1S/C18H26N2O2/c1-18(2,3)22-17(21)20-15-10-8-14(9-11-15)19-16(12-4-5-12)13-6-7-13/h8-13,16,19H,4-7H2,1-3H3,(H,20,21). The third-order valence-corrected chi connectivity index (χ3v) is 4.12. The third-order valence-electron chi connectivity index (χ3n) is 4.12. The Bertz CT molecular complexity index is 513. The highest BCUT2D eigenvalue weighted by Gasteiger charge is 2.41. The zero-order valence-corrected chi connectivity index (χ0v) is 13.7. The number of nitrogens with one attached hydrogen (secondary N) is 2. The minimum atomic E-state index is -0.479. The number of ether oxygens (including phenoxy) is 1. The van der Waals surface area contributed by atoms with E-state index in [9.17, 15) is 4.79 Å². The van der Waals surface area contributed by atoms with Crippen LogP contribution in [0.2, 0.25) is 0 Å². The molecule has 2 aliphatic rings. The summed E-state index contributed by atoms with van der Waals surface area (Å²) < 4.78 is 5.25. The predicted molar refractivity (Wildman–Crippen MR) is 89.2 cm³/mol. The first-order valence-electron chi connectivity index (χ1n) is 8.27. The second kappa shape index (κ2) is 5.82. The van der Waals surface area contributed by atoms with E-state index in [0.29, 0.717) is 6.04 Å². The topological polar surface area (TPSA) is 50.4 Å². The molecule has 2 N–H and O–H groups in total. The minimum Gasteiger partial charge on any atom is -0.444 e. The van der Waals surface area contributed by atoms with Crippen LogP contribution in [0, 0.1) is 11.8 Å². The number of carbonyl (C=O) groups excluding carboxylic acids is 1. The molecule has 0 bridgehead atoms. The molecule has 1 aromatic rings. The van der Waals surface area contributed by atoms with Gasteiger partial charge in [-0.3, -0.25) is 5.32 Å². The van der Waals surface area contributed by atoms with Crippen LogP contribution < -0.4 is 10.6 Å². The molecule has 4 nitrogen and oxygen atoms in total. The van der Waals surface area contributed by atoms with Gasteiger partial charge in [-0.05, 0) is 82.6 Å². The Morgan fingerprint density at radius 3 is 2.00 bits per heavy atom. The van der Waals surface area contributed by atoms with E-state index in [1.165, 1.54) is 25.7 Å². The number of anilines is 2. The largest absolute Gasteiger partial charge is 0.444 e. The fraction of sp³-hybridized carbons (Fsp3) is 0.611. The lowest BCUT2D eigenvalue weighted by Gasteiger charge is -2.20. The lowest BCUT2D eigenvalue weighted by atomic mass is 10.1. The predicted octanol–water partition coefficient (Wildman–Crippen LogP) is 4.63. The number of hydrogen-bond donors (Lipinski definition) is 2. The van der Waals surface area contributed by atoms with Gasteiger partial charge in [0.25, 0.3) is 0 Å². The van der Waals surface area contributed by atoms with E-state index in [4.69, 9.17) is 4.74 Å². The lowest BCUT2D eigenvalue weighted by Crippen LogP contribution is -2.27. The van der Waals surface area contributed by atoms with Crippen molar-refractivity contribution in [1.82, 2.24) is 0 Å². The fourth-order valence-corrected chi connectivity index (χ4v) is 2.79. The summed E-state index contributed by atoms with van der Waals surface area (Å²) >= 11 is 0. The van der Waals surface area contributed by atoms with Crippen LogP contribution in [0.15, 0.2) is 24.3 Å². The van der Waals surface area contributed by atoms with Gasteiger partial charge < -0.3 is 10.1 Å². The molecule has 120 valence electrons. The molecule has 2 saturated carbocycles. The molecule has 1 amide bonds. The Morgan fingerprint density at radius 2 is 1.55 bits per heavy atom. The third kappa shape index (κ3) is 4.39. The Morgan fingerprint density at radius 1 is 1.05 bits per heavy atom. The summed E-state index contributed by atoms with van der Waals surface area (Å²) in [4.78, 5) is 11.7. The molecule has 0 atom stereocenters. The first-order chi connectivity index (χ1) is 10.4. The molecule has 2 fully saturated rings. The van der Waals surface area contributed by atoms with Crippen LogP contribution in [-0.4, -0.2) is 17.7 Å². The number of benzene rings is 1. The summed E-state index contributed by atoms with van der Waals surface area (Å²) in [6.45, 7) is 5.57. The van der Waals surface area contributed by atoms with Crippen molar-refractivity contribution in [1.29, 1.82) is 0 Å². The van der Waals surface area contributed by atoms with Gasteiger partial charge in [0.1, 0.15) is 5.60 Å². The van der Waals surface area contributed by atoms with E-state index >= 15 is 0 Å². The molecular weight excluding hydrogens is 276 g/mol. The number of hydrogen-bond acceptors (Lipinski definition) is 3. The van der Waals surface area contributed by atoms with Gasteiger partial charge in [-0.15, -0.1) is 0 Å². The maximum atomic E-state index is 11.7. The lowest BCUT2D eigenvalue weighted by molar-refractivity contribution is 0.0636. The van der Waals surface area contributed by atoms with Gasteiger partial charge in [0, 0.05) is 17.4 Å². The van der Waals surface area contributed by atoms with Gasteiger partial charge in [0.05, 0.1) is 0 Å². The normalized spacial score (nSPS) is 18.2. The van der Waals surface area contributed by atoms with Crippen LogP contribution in [0.4, 0.5) is 16.2 Å². The van der Waals surface area contributed by atoms with Crippen LogP contribution in [-0.2, 0) is 4.74 Å². The molecule has 0 unspecified atom stereocenters. The molecule has 0 radical (unpaired) electrons. The van der Waals surface area contributed by atoms with Crippen LogP contribution in [0.1, 0.15) is 46.5 Å². The number of rotatable bonds is 5. The molecule has 3 rings (SSSR count). The van der Waals surface area contributed by atoms with Gasteiger partial charge in [-0.2, -0.15) is 0 Å². The highest BCUT2D eigenvalue weighted by molar-refractivity contribution is 5.85. The molecular formula is C18H26N2O2. The van der Waals surface area contributed by atoms with E-state index in [-0.39, 0.29) is 0 Å². The highest BCUT2D eigenvalue weighted by Crippen LogP contribution is 2.45. The monoisotopic (exact) mass is 302 g/mol. The molecule has 0 aromatic heterocycles. The first-order valence-corrected chi connectivity index (χ1v) is 8.27. The molecule has 0 aliphatic heterocycles. The highest BCUT2D eigenvalue weighted by atomic mass is 16.6. The molecule has 0 saturated heterocycles. The van der Waals surface area contributed by atoms with E-state index in [0.717, 1.165) is 23.2 Å². The number of amides is 1. The van der Waals surface area contributed by atoms with Gasteiger partial charge in [-0.1, -0.05) is 0 Å². The summed E-state index contributed by atoms with van der Waals surface area (Å²) in [6, 6.07) is 8.55. The van der Waals surface area contributed by atoms with Crippen molar-refractivity contribution in [2.24, 2.45) is 11.8 Å². The maximum absolute atomic E-state index is 11.7. The molecule has 4 heteroatoms. The van der Waals surface area contributed by atoms with Crippen molar-refractivity contribution in [2.75, 3.05) is 10.6 Å². The van der Waals surface area contributed by atoms with Crippen molar-refractivity contribution in [3.05, 3.63) is 24.3 Å². The van der Waals surface area contributed by atoms with E-state index in [1.54, 1.807) is 0 Å². The van der Waals surface area contributed by atoms with Crippen LogP contribution in [0.5, 0.6) is 0 Å². The Balaban J connectivity index is 1.54. The van der Waals surface area contributed by atoms with Crippen LogP contribution in [0.25, 0.3) is 0 Å². The molecule has 1 aromatic carbocycles. The first kappa shape index (κ1) is 15.2. The van der Waals surface area contributed by atoms with Gasteiger partial charge in [0.2, 0.25) is 0 Å². The van der Waals surface area contributed by atoms with Gasteiger partial charge in [0.15, 0.2) is 0 Å². The van der Waals surface area contributed by atoms with Crippen LogP contribution in [0.3, 0.4) is 0 Å². The Hall–Kier alpha value is -1.71. The van der Waals surface area contributed by atoms with E-state index in [1.807, 2.05) is 45.0 Å². The summed E-state index contributed by atoms with van der Waals surface area (Å²) in [5.74, 6) is 1.74. The summed E-state index contributed by atoms with van der Waals surface area (Å²) in [7, 11) is 0. The SMILES string of the molecule is CC(C)(C)OC(=O)Nc1ccc(NC(C2CC2)C2CC2)cc1. The van der Waals surface area contributed by atoms with Crippen molar-refractivity contribution >= 4 is 17.5 Å². The minimum absolute atomic E-state index is 0.415. The summed E-state index contributed by atoms with van der Waals surface area (Å²) in [5, 5.41) is 6.44. The van der Waals surface area contributed by atoms with Crippen molar-refractivity contribution in [3.8, 4) is 0 Å². The summed E-state index contributed by atoms with van der Waals surface area (Å²) in [5.41, 5.74) is 1.42. The zero-order valence-electron chi connectivity index (χ0n) is 13.7. The average molecular weight is 302 g/mol. The summed E-state index contributed by atoms with van der Waals surface area (Å²) in [6.07, 6.45) is 5.06. The maximum Gasteiger partial charge on any atom is 0.412 e. The van der Waals surface area contributed by atoms with Crippen molar-refractivity contribution in [2.45, 2.75) is 58.1 Å². The second-order valence-electron chi connectivity index (χ2n) is 7.55. The van der Waals surface area contributed by atoms with E-state index < -0.39 is 11.7 Å². The van der Waals surface area contributed by atoms with Gasteiger partial charge >= 0.3 is 6.09 Å². The molecule has 0 spiro atoms. The van der Waals surface area contributed by atoms with Crippen LogP contribution >= 0.6 is 0 Å². The van der Waals surface area contributed by atoms with Crippen molar-refractivity contribution < 1.29 is 9.53 Å². The molecule has 0 heterocycles. The van der Waals surface area contributed by atoms with E-state index in [2.05, 4.69) is 10.6 Å². The average Bonchev–Trinajstić information content (AvgIpc) is 3.28. The number of carbonyl (C=O) groups is 1. The second-order valence-corrected chi connectivity index (χ2v) is 7.55. The Labute approximate surface area is 132 Å². The quantitative estimate of drug-likeness (QED) is 0.833. The Kier molecular flexibility index (Phi) is 4.02. The van der Waals surface area contributed by atoms with Crippen molar-refractivity contribution in [3.63, 3.8) is 0 Å². The zero-order chi connectivity index (χ0) is 15.7. The smallest absolute Gasteiger partial charge is 0.412 e.